The molecule has 0 bridgehead atoms. The Labute approximate surface area is 133 Å². The number of hydrogen-bond acceptors (Lipinski definition) is 3. The van der Waals surface area contributed by atoms with Crippen molar-refractivity contribution >= 4 is 5.78 Å². The van der Waals surface area contributed by atoms with E-state index in [1.165, 1.54) is 6.42 Å². The molecule has 3 heteroatoms. The third kappa shape index (κ3) is 1.84. The minimum absolute atomic E-state index is 0.145. The SMILES string of the molecule is C[C@]12CC[C@@H](O)CC1CC[C@@H]1[C@@H]2[C@@H](O)C[C@]2(C)C(=O)CC[C@@H]12. The standard InChI is InChI=1S/C19H30O3/c1-18-8-7-12(20)9-11(18)3-4-13-14-5-6-16(22)19(14,2)10-15(21)17(13)18/h11-15,17,20-21H,3-10H2,1-2H3/t11?,12-,13+,14+,15+,17-,18+,19+/m1/s1. The van der Waals surface area contributed by atoms with E-state index < -0.39 is 0 Å². The molecule has 124 valence electrons. The molecule has 4 rings (SSSR count). The first kappa shape index (κ1) is 15.1. The maximum absolute atomic E-state index is 12.4. The topological polar surface area (TPSA) is 57.5 Å². The fourth-order valence-corrected chi connectivity index (χ4v) is 7.13. The van der Waals surface area contributed by atoms with Gasteiger partial charge in [0.1, 0.15) is 5.78 Å². The predicted molar refractivity (Wildman–Crippen MR) is 84.1 cm³/mol. The van der Waals surface area contributed by atoms with Crippen LogP contribution in [0.5, 0.6) is 0 Å². The third-order valence-corrected chi connectivity index (χ3v) is 8.28. The number of Topliss-reactive ketones (excluding diaryl/α,β-unsaturated/α-hetero) is 1. The van der Waals surface area contributed by atoms with Crippen LogP contribution in [0, 0.1) is 34.5 Å². The van der Waals surface area contributed by atoms with Gasteiger partial charge < -0.3 is 10.2 Å². The minimum atomic E-state index is -0.337. The molecular formula is C19H30O3. The molecule has 0 radical (unpaired) electrons. The zero-order chi connectivity index (χ0) is 15.7. The van der Waals surface area contributed by atoms with Gasteiger partial charge in [0.15, 0.2) is 0 Å². The van der Waals surface area contributed by atoms with Gasteiger partial charge in [-0.25, -0.2) is 0 Å². The van der Waals surface area contributed by atoms with Gasteiger partial charge >= 0.3 is 0 Å². The highest BCUT2D eigenvalue weighted by atomic mass is 16.3. The summed E-state index contributed by atoms with van der Waals surface area (Å²) in [7, 11) is 0. The lowest BCUT2D eigenvalue weighted by molar-refractivity contribution is -0.175. The minimum Gasteiger partial charge on any atom is -0.393 e. The molecule has 0 amide bonds. The van der Waals surface area contributed by atoms with Crippen LogP contribution in [0.2, 0.25) is 0 Å². The molecule has 0 aromatic heterocycles. The van der Waals surface area contributed by atoms with E-state index in [1.807, 2.05) is 0 Å². The average Bonchev–Trinajstić information content (AvgIpc) is 2.75. The fraction of sp³-hybridized carbons (Fsp3) is 0.947. The van der Waals surface area contributed by atoms with E-state index in [-0.39, 0.29) is 23.0 Å². The fourth-order valence-electron chi connectivity index (χ4n) is 7.13. The van der Waals surface area contributed by atoms with E-state index in [4.69, 9.17) is 0 Å². The molecule has 4 aliphatic rings. The maximum Gasteiger partial charge on any atom is 0.139 e. The molecule has 0 aromatic carbocycles. The van der Waals surface area contributed by atoms with Gasteiger partial charge in [-0.3, -0.25) is 4.79 Å². The highest BCUT2D eigenvalue weighted by Crippen LogP contribution is 2.65. The molecule has 3 nitrogen and oxygen atoms in total. The molecule has 0 aliphatic heterocycles. The van der Waals surface area contributed by atoms with Crippen LogP contribution in [0.25, 0.3) is 0 Å². The van der Waals surface area contributed by atoms with Gasteiger partial charge in [0, 0.05) is 11.8 Å². The summed E-state index contributed by atoms with van der Waals surface area (Å²) in [5, 5.41) is 21.0. The van der Waals surface area contributed by atoms with Gasteiger partial charge in [-0.15, -0.1) is 0 Å². The first-order chi connectivity index (χ1) is 10.4. The molecule has 1 unspecified atom stereocenters. The first-order valence-corrected chi connectivity index (χ1v) is 9.25. The molecule has 4 fully saturated rings. The van der Waals surface area contributed by atoms with E-state index in [1.54, 1.807) is 0 Å². The van der Waals surface area contributed by atoms with Crippen molar-refractivity contribution in [1.29, 1.82) is 0 Å². The Hall–Kier alpha value is -0.410. The largest absolute Gasteiger partial charge is 0.393 e. The van der Waals surface area contributed by atoms with Crippen LogP contribution in [0.4, 0.5) is 0 Å². The predicted octanol–water partition coefficient (Wildman–Crippen LogP) is 2.93. The third-order valence-electron chi connectivity index (χ3n) is 8.28. The van der Waals surface area contributed by atoms with Crippen LogP contribution in [0.15, 0.2) is 0 Å². The summed E-state index contributed by atoms with van der Waals surface area (Å²) in [6, 6.07) is 0. The van der Waals surface area contributed by atoms with E-state index in [0.717, 1.165) is 38.5 Å². The quantitative estimate of drug-likeness (QED) is 0.723. The molecule has 0 aromatic rings. The van der Waals surface area contributed by atoms with Gasteiger partial charge in [-0.2, -0.15) is 0 Å². The van der Waals surface area contributed by atoms with Crippen LogP contribution < -0.4 is 0 Å². The highest BCUT2D eigenvalue weighted by Gasteiger charge is 2.63. The van der Waals surface area contributed by atoms with Crippen molar-refractivity contribution in [2.24, 2.45) is 34.5 Å². The monoisotopic (exact) mass is 306 g/mol. The van der Waals surface area contributed by atoms with Gasteiger partial charge in [-0.05, 0) is 74.0 Å². The second-order valence-corrected chi connectivity index (χ2v) is 9.16. The van der Waals surface area contributed by atoms with Crippen LogP contribution in [0.3, 0.4) is 0 Å². The molecule has 2 N–H and O–H groups in total. The Kier molecular flexibility index (Phi) is 3.30. The smallest absolute Gasteiger partial charge is 0.139 e. The van der Waals surface area contributed by atoms with Crippen molar-refractivity contribution in [2.45, 2.75) is 77.4 Å². The van der Waals surface area contributed by atoms with Gasteiger partial charge in [0.05, 0.1) is 12.2 Å². The Balaban J connectivity index is 1.69. The molecule has 4 aliphatic carbocycles. The normalized spacial score (nSPS) is 57.9. The molecule has 4 saturated carbocycles. The van der Waals surface area contributed by atoms with Crippen molar-refractivity contribution in [3.63, 3.8) is 0 Å². The van der Waals surface area contributed by atoms with Crippen molar-refractivity contribution in [2.75, 3.05) is 0 Å². The summed E-state index contributed by atoms with van der Waals surface area (Å²) in [6.45, 7) is 4.48. The Bertz CT molecular complexity index is 489. The van der Waals surface area contributed by atoms with Crippen molar-refractivity contribution in [3.05, 3.63) is 0 Å². The lowest BCUT2D eigenvalue weighted by Gasteiger charge is -2.61. The number of aliphatic hydroxyl groups is 2. The van der Waals surface area contributed by atoms with Crippen LogP contribution >= 0.6 is 0 Å². The number of carbonyl (C=O) groups excluding carboxylic acids is 1. The summed E-state index contributed by atoms with van der Waals surface area (Å²) in [6.07, 6.45) is 7.08. The molecule has 22 heavy (non-hydrogen) atoms. The molecule has 8 atom stereocenters. The second-order valence-electron chi connectivity index (χ2n) is 9.16. The lowest BCUT2D eigenvalue weighted by atomic mass is 9.44. The van der Waals surface area contributed by atoms with Gasteiger partial charge in [-0.1, -0.05) is 13.8 Å². The van der Waals surface area contributed by atoms with Crippen LogP contribution in [-0.2, 0) is 4.79 Å². The number of carbonyl (C=O) groups is 1. The Morgan fingerprint density at radius 3 is 2.64 bits per heavy atom. The first-order valence-electron chi connectivity index (χ1n) is 9.25. The summed E-state index contributed by atoms with van der Waals surface area (Å²) >= 11 is 0. The van der Waals surface area contributed by atoms with Gasteiger partial charge in [0.2, 0.25) is 0 Å². The summed E-state index contributed by atoms with van der Waals surface area (Å²) in [5.41, 5.74) is -0.105. The molecular weight excluding hydrogens is 276 g/mol. The zero-order valence-corrected chi connectivity index (χ0v) is 13.9. The number of rotatable bonds is 0. The van der Waals surface area contributed by atoms with Crippen molar-refractivity contribution in [3.8, 4) is 0 Å². The van der Waals surface area contributed by atoms with E-state index in [2.05, 4.69) is 13.8 Å². The highest BCUT2D eigenvalue weighted by molar-refractivity contribution is 5.87. The van der Waals surface area contributed by atoms with E-state index in [9.17, 15) is 15.0 Å². The van der Waals surface area contributed by atoms with Crippen LogP contribution in [-0.4, -0.2) is 28.2 Å². The number of hydrogen-bond donors (Lipinski definition) is 2. The Morgan fingerprint density at radius 1 is 1.09 bits per heavy atom. The number of fused-ring (bicyclic) bond motifs is 5. The lowest BCUT2D eigenvalue weighted by Crippen LogP contribution is -2.59. The van der Waals surface area contributed by atoms with E-state index >= 15 is 0 Å². The zero-order valence-electron chi connectivity index (χ0n) is 13.9. The summed E-state index contributed by atoms with van der Waals surface area (Å²) in [4.78, 5) is 12.4. The van der Waals surface area contributed by atoms with Crippen molar-refractivity contribution in [1.82, 2.24) is 0 Å². The van der Waals surface area contributed by atoms with Gasteiger partial charge in [0.25, 0.3) is 0 Å². The average molecular weight is 306 g/mol. The Morgan fingerprint density at radius 2 is 1.86 bits per heavy atom. The van der Waals surface area contributed by atoms with Crippen molar-refractivity contribution < 1.29 is 15.0 Å². The number of aliphatic hydroxyl groups excluding tert-OH is 2. The van der Waals surface area contributed by atoms with Crippen LogP contribution in [0.1, 0.15) is 65.2 Å². The maximum atomic E-state index is 12.4. The second kappa shape index (κ2) is 4.80. The molecule has 0 heterocycles. The number of ketones is 1. The molecule has 0 saturated heterocycles. The van der Waals surface area contributed by atoms with E-state index in [0.29, 0.717) is 35.9 Å². The molecule has 0 spiro atoms. The summed E-state index contributed by atoms with van der Waals surface area (Å²) < 4.78 is 0. The summed E-state index contributed by atoms with van der Waals surface area (Å²) in [5.74, 6) is 2.27.